The quantitative estimate of drug-likeness (QED) is 0.663. The number of carbonyl (C=O) groups excluding carboxylic acids is 2. The Morgan fingerprint density at radius 1 is 1.21 bits per heavy atom. The molecule has 1 N–H and O–H groups in total. The lowest BCUT2D eigenvalue weighted by molar-refractivity contribution is -0.148. The van der Waals surface area contributed by atoms with Crippen LogP contribution in [0.3, 0.4) is 0 Å². The van der Waals surface area contributed by atoms with Crippen LogP contribution in [0.4, 0.5) is 0 Å². The molecule has 2 aliphatic rings. The van der Waals surface area contributed by atoms with Crippen LogP contribution in [0.5, 0.6) is 0 Å². The van der Waals surface area contributed by atoms with Crippen molar-refractivity contribution in [3.8, 4) is 0 Å². The number of likely N-dealkylation sites (tertiary alicyclic amines) is 1. The van der Waals surface area contributed by atoms with E-state index in [0.29, 0.717) is 19.3 Å². The van der Waals surface area contributed by atoms with E-state index in [4.69, 9.17) is 0 Å². The molecule has 29 heavy (non-hydrogen) atoms. The molecule has 0 bridgehead atoms. The molecule has 4 unspecified atom stereocenters. The first-order chi connectivity index (χ1) is 13.9. The monoisotopic (exact) mass is 399 g/mol. The van der Waals surface area contributed by atoms with Gasteiger partial charge in [0.1, 0.15) is 6.04 Å². The minimum absolute atomic E-state index is 0.0266. The lowest BCUT2D eigenvalue weighted by Crippen LogP contribution is -2.59. The Bertz CT molecular complexity index is 747. The number of hydrogen-bond donors (Lipinski definition) is 1. The first-order valence-corrected chi connectivity index (χ1v) is 11.0. The van der Waals surface area contributed by atoms with Crippen LogP contribution in [0.1, 0.15) is 76.7 Å². The summed E-state index contributed by atoms with van der Waals surface area (Å²) < 4.78 is 0. The first kappa shape index (κ1) is 21.7. The Hall–Kier alpha value is -2.01. The maximum atomic E-state index is 12.4. The maximum Gasteiger partial charge on any atom is 0.320 e. The summed E-state index contributed by atoms with van der Waals surface area (Å²) in [6.45, 7) is 5.07. The maximum absolute atomic E-state index is 12.4. The number of rotatable bonds is 8. The van der Waals surface area contributed by atoms with Gasteiger partial charge in [-0.25, -0.2) is 0 Å². The van der Waals surface area contributed by atoms with Gasteiger partial charge in [-0.2, -0.15) is 0 Å². The Morgan fingerprint density at radius 2 is 1.93 bits per heavy atom. The molecule has 1 heterocycles. The molecule has 1 aliphatic carbocycles. The van der Waals surface area contributed by atoms with Crippen molar-refractivity contribution in [1.82, 2.24) is 4.90 Å². The summed E-state index contributed by atoms with van der Waals surface area (Å²) in [6, 6.07) is 9.81. The molecular formula is C24H33NO4. The molecule has 4 atom stereocenters. The number of carboxylic acids is 1. The van der Waals surface area contributed by atoms with Crippen molar-refractivity contribution >= 4 is 17.5 Å². The van der Waals surface area contributed by atoms with Crippen molar-refractivity contribution in [2.24, 2.45) is 5.92 Å². The van der Waals surface area contributed by atoms with Crippen molar-refractivity contribution in [2.45, 2.75) is 82.7 Å². The van der Waals surface area contributed by atoms with Gasteiger partial charge in [0.2, 0.25) is 0 Å². The van der Waals surface area contributed by atoms with E-state index in [1.54, 1.807) is 0 Å². The molecule has 3 rings (SSSR count). The van der Waals surface area contributed by atoms with Crippen molar-refractivity contribution < 1.29 is 19.5 Å². The molecule has 1 aromatic carbocycles. The van der Waals surface area contributed by atoms with Crippen LogP contribution < -0.4 is 0 Å². The number of nitrogens with zero attached hydrogens (tertiary/aromatic N) is 1. The van der Waals surface area contributed by atoms with Crippen LogP contribution >= 0.6 is 0 Å². The summed E-state index contributed by atoms with van der Waals surface area (Å²) in [5.74, 6) is -1.04. The highest BCUT2D eigenvalue weighted by atomic mass is 16.4. The number of carboxylic acid groups (broad SMARTS) is 1. The number of Topliss-reactive ketones (excluding diaryl/α,β-unsaturated/α-hetero) is 2. The van der Waals surface area contributed by atoms with Gasteiger partial charge in [0.15, 0.2) is 11.6 Å². The molecule has 1 aliphatic heterocycles. The largest absolute Gasteiger partial charge is 0.480 e. The summed E-state index contributed by atoms with van der Waals surface area (Å²) >= 11 is 0. The van der Waals surface area contributed by atoms with Crippen LogP contribution in [0.25, 0.3) is 0 Å². The predicted octanol–water partition coefficient (Wildman–Crippen LogP) is 4.21. The second-order valence-corrected chi connectivity index (χ2v) is 8.85. The summed E-state index contributed by atoms with van der Waals surface area (Å²) in [5, 5.41) is 9.90. The molecule has 0 aromatic heterocycles. The van der Waals surface area contributed by atoms with Crippen molar-refractivity contribution in [2.75, 3.05) is 6.54 Å². The van der Waals surface area contributed by atoms with Crippen molar-refractivity contribution in [3.63, 3.8) is 0 Å². The summed E-state index contributed by atoms with van der Waals surface area (Å²) in [6.07, 6.45) is 5.31. The van der Waals surface area contributed by atoms with E-state index in [9.17, 15) is 19.5 Å². The van der Waals surface area contributed by atoms with Gasteiger partial charge in [-0.3, -0.25) is 19.3 Å². The molecule has 0 spiro atoms. The molecule has 0 amide bonds. The average Bonchev–Trinajstić information content (AvgIpc) is 3.21. The molecule has 158 valence electrons. The van der Waals surface area contributed by atoms with E-state index in [-0.39, 0.29) is 35.4 Å². The third-order valence-electron chi connectivity index (χ3n) is 7.04. The van der Waals surface area contributed by atoms with Crippen LogP contribution in [-0.2, 0) is 14.4 Å². The number of benzene rings is 1. The average molecular weight is 400 g/mol. The van der Waals surface area contributed by atoms with E-state index in [0.717, 1.165) is 32.2 Å². The zero-order chi connectivity index (χ0) is 21.0. The minimum Gasteiger partial charge on any atom is -0.480 e. The molecule has 1 saturated carbocycles. The van der Waals surface area contributed by atoms with Gasteiger partial charge >= 0.3 is 5.97 Å². The van der Waals surface area contributed by atoms with E-state index in [1.165, 1.54) is 5.56 Å². The third kappa shape index (κ3) is 4.45. The molecule has 2 fully saturated rings. The zero-order valence-corrected chi connectivity index (χ0v) is 17.6. The fraction of sp³-hybridized carbons (Fsp3) is 0.625. The second-order valence-electron chi connectivity index (χ2n) is 8.85. The highest BCUT2D eigenvalue weighted by Crippen LogP contribution is 2.47. The lowest BCUT2D eigenvalue weighted by atomic mass is 9.66. The highest BCUT2D eigenvalue weighted by molar-refractivity contribution is 6.37. The van der Waals surface area contributed by atoms with Crippen LogP contribution in [-0.4, -0.2) is 45.7 Å². The summed E-state index contributed by atoms with van der Waals surface area (Å²) in [7, 11) is 0. The predicted molar refractivity (Wildman–Crippen MR) is 112 cm³/mol. The Balaban J connectivity index is 2.01. The number of carbonyl (C=O) groups is 3. The minimum atomic E-state index is -0.770. The SMILES string of the molecule is CCCC(CC(C)c1ccccc1)(C1CCC(=O)C(=O)C1)N1CCCC1C(=O)O. The Kier molecular flexibility index (Phi) is 6.89. The smallest absolute Gasteiger partial charge is 0.320 e. The van der Waals surface area contributed by atoms with Crippen LogP contribution in [0, 0.1) is 5.92 Å². The Labute approximate surface area is 173 Å². The van der Waals surface area contributed by atoms with E-state index >= 15 is 0 Å². The Morgan fingerprint density at radius 3 is 2.55 bits per heavy atom. The fourth-order valence-electron chi connectivity index (χ4n) is 5.73. The summed E-state index contributed by atoms with van der Waals surface area (Å²) in [5.41, 5.74) is 0.859. The number of hydrogen-bond acceptors (Lipinski definition) is 4. The molecule has 1 aromatic rings. The van der Waals surface area contributed by atoms with Crippen molar-refractivity contribution in [1.29, 1.82) is 0 Å². The van der Waals surface area contributed by atoms with Gasteiger partial charge < -0.3 is 5.11 Å². The van der Waals surface area contributed by atoms with Gasteiger partial charge in [-0.1, -0.05) is 50.6 Å². The van der Waals surface area contributed by atoms with Gasteiger partial charge in [0.05, 0.1) is 0 Å². The molecule has 5 heteroatoms. The fourth-order valence-corrected chi connectivity index (χ4v) is 5.73. The number of aliphatic carboxylic acids is 1. The van der Waals surface area contributed by atoms with Crippen LogP contribution in [0.15, 0.2) is 30.3 Å². The zero-order valence-electron chi connectivity index (χ0n) is 17.6. The topological polar surface area (TPSA) is 74.7 Å². The van der Waals surface area contributed by atoms with Gasteiger partial charge in [-0.05, 0) is 56.0 Å². The normalized spacial score (nSPS) is 26.3. The number of ketones is 2. The molecule has 0 radical (unpaired) electrons. The van der Waals surface area contributed by atoms with Gasteiger partial charge in [0.25, 0.3) is 0 Å². The van der Waals surface area contributed by atoms with E-state index in [1.807, 2.05) is 18.2 Å². The second kappa shape index (κ2) is 9.21. The van der Waals surface area contributed by atoms with Gasteiger partial charge in [0, 0.05) is 18.4 Å². The summed E-state index contributed by atoms with van der Waals surface area (Å²) in [4.78, 5) is 38.5. The van der Waals surface area contributed by atoms with E-state index in [2.05, 4.69) is 30.9 Å². The van der Waals surface area contributed by atoms with Crippen molar-refractivity contribution in [3.05, 3.63) is 35.9 Å². The third-order valence-corrected chi connectivity index (χ3v) is 7.04. The van der Waals surface area contributed by atoms with Gasteiger partial charge in [-0.15, -0.1) is 0 Å². The standard InChI is InChI=1S/C24H33NO4/c1-3-13-24(19-11-12-21(26)22(27)15-19,25-14-7-10-20(25)23(28)29)16-17(2)18-8-5-4-6-9-18/h4-6,8-9,17,19-20H,3,7,10-16H2,1-2H3,(H,28,29). The van der Waals surface area contributed by atoms with Crippen LogP contribution in [0.2, 0.25) is 0 Å². The highest BCUT2D eigenvalue weighted by Gasteiger charge is 2.51. The van der Waals surface area contributed by atoms with E-state index < -0.39 is 12.0 Å². The molecule has 5 nitrogen and oxygen atoms in total. The molecule has 1 saturated heterocycles. The molecular weight excluding hydrogens is 366 g/mol. The first-order valence-electron chi connectivity index (χ1n) is 11.0. The lowest BCUT2D eigenvalue weighted by Gasteiger charge is -2.51.